The quantitative estimate of drug-likeness (QED) is 0.808. The second kappa shape index (κ2) is 6.08. The summed E-state index contributed by atoms with van der Waals surface area (Å²) in [6.45, 7) is 3.30. The predicted octanol–water partition coefficient (Wildman–Crippen LogP) is 1.15. The Morgan fingerprint density at radius 2 is 2.29 bits per heavy atom. The summed E-state index contributed by atoms with van der Waals surface area (Å²) in [7, 11) is 3.10. The Kier molecular flexibility index (Phi) is 4.22. The third-order valence-electron chi connectivity index (χ3n) is 2.96. The van der Waals surface area contributed by atoms with Gasteiger partial charge in [-0.3, -0.25) is 14.7 Å². The van der Waals surface area contributed by atoms with Gasteiger partial charge in [-0.1, -0.05) is 6.58 Å². The summed E-state index contributed by atoms with van der Waals surface area (Å²) in [6, 6.07) is 5.36. The number of carbonyl (C=O) groups is 2. The number of H-pyrrole nitrogens is 1. The molecule has 0 radical (unpaired) electrons. The lowest BCUT2D eigenvalue weighted by Gasteiger charge is -2.13. The Labute approximate surface area is 121 Å². The van der Waals surface area contributed by atoms with Gasteiger partial charge >= 0.3 is 0 Å². The molecule has 21 heavy (non-hydrogen) atoms. The van der Waals surface area contributed by atoms with E-state index in [2.05, 4.69) is 22.1 Å². The maximum Gasteiger partial charge on any atom is 0.246 e. The van der Waals surface area contributed by atoms with Gasteiger partial charge in [-0.25, -0.2) is 0 Å². The highest BCUT2D eigenvalue weighted by atomic mass is 16.5. The second-order valence-corrected chi connectivity index (χ2v) is 4.43. The van der Waals surface area contributed by atoms with Crippen molar-refractivity contribution in [3.63, 3.8) is 0 Å². The number of benzene rings is 1. The molecule has 0 saturated carbocycles. The average Bonchev–Trinajstić information content (AvgIpc) is 2.88. The van der Waals surface area contributed by atoms with Crippen molar-refractivity contribution >= 4 is 28.5 Å². The van der Waals surface area contributed by atoms with Gasteiger partial charge in [0.1, 0.15) is 5.75 Å². The Bertz CT molecular complexity index is 693. The molecule has 7 heteroatoms. The molecule has 0 spiro atoms. The Balaban J connectivity index is 2.11. The van der Waals surface area contributed by atoms with E-state index >= 15 is 0 Å². The number of anilines is 1. The summed E-state index contributed by atoms with van der Waals surface area (Å²) in [5.74, 6) is 0.455. The van der Waals surface area contributed by atoms with E-state index in [1.807, 2.05) is 0 Å². The summed E-state index contributed by atoms with van der Waals surface area (Å²) in [6.07, 6.45) is 1.16. The molecule has 0 aliphatic rings. The first-order valence-electron chi connectivity index (χ1n) is 6.24. The van der Waals surface area contributed by atoms with Gasteiger partial charge < -0.3 is 15.0 Å². The van der Waals surface area contributed by atoms with E-state index in [0.29, 0.717) is 11.6 Å². The molecule has 1 aromatic carbocycles. The maximum absolute atomic E-state index is 11.9. The van der Waals surface area contributed by atoms with Crippen molar-refractivity contribution in [2.75, 3.05) is 26.0 Å². The summed E-state index contributed by atoms with van der Waals surface area (Å²) in [5, 5.41) is 10.3. The monoisotopic (exact) mass is 288 g/mol. The van der Waals surface area contributed by atoms with Crippen molar-refractivity contribution in [3.8, 4) is 5.75 Å². The van der Waals surface area contributed by atoms with Crippen molar-refractivity contribution in [2.45, 2.75) is 0 Å². The highest BCUT2D eigenvalue weighted by molar-refractivity contribution is 6.02. The number of ether oxygens (including phenoxy) is 1. The summed E-state index contributed by atoms with van der Waals surface area (Å²) in [5.41, 5.74) is 0.750. The lowest BCUT2D eigenvalue weighted by molar-refractivity contribution is -0.129. The normalized spacial score (nSPS) is 10.2. The minimum atomic E-state index is -0.336. The molecule has 1 aromatic heterocycles. The van der Waals surface area contributed by atoms with Crippen LogP contribution in [0.3, 0.4) is 0 Å². The SMILES string of the molecule is C=CC(=O)N(C)CC(=O)Nc1n[nH]c2cc(OC)ccc12. The molecule has 0 atom stereocenters. The van der Waals surface area contributed by atoms with Gasteiger partial charge in [0.2, 0.25) is 11.8 Å². The van der Waals surface area contributed by atoms with E-state index in [4.69, 9.17) is 4.74 Å². The molecule has 110 valence electrons. The van der Waals surface area contributed by atoms with Crippen LogP contribution in [0.5, 0.6) is 5.75 Å². The van der Waals surface area contributed by atoms with Crippen molar-refractivity contribution in [2.24, 2.45) is 0 Å². The van der Waals surface area contributed by atoms with Crippen LogP contribution in [-0.2, 0) is 9.59 Å². The molecular formula is C14H16N4O3. The number of fused-ring (bicyclic) bond motifs is 1. The molecule has 0 saturated heterocycles. The van der Waals surface area contributed by atoms with Gasteiger partial charge in [-0.15, -0.1) is 0 Å². The van der Waals surface area contributed by atoms with Gasteiger partial charge in [-0.05, 0) is 18.2 Å². The summed E-state index contributed by atoms with van der Waals surface area (Å²) >= 11 is 0. The number of nitrogens with one attached hydrogen (secondary N) is 2. The van der Waals surface area contributed by atoms with E-state index in [1.54, 1.807) is 25.3 Å². The zero-order chi connectivity index (χ0) is 15.4. The number of likely N-dealkylation sites (N-methyl/N-ethyl adjacent to an activating group) is 1. The number of amides is 2. The number of aromatic nitrogens is 2. The lowest BCUT2D eigenvalue weighted by atomic mass is 10.2. The topological polar surface area (TPSA) is 87.3 Å². The Morgan fingerprint density at radius 1 is 1.52 bits per heavy atom. The smallest absolute Gasteiger partial charge is 0.246 e. The molecule has 7 nitrogen and oxygen atoms in total. The zero-order valence-corrected chi connectivity index (χ0v) is 11.8. The van der Waals surface area contributed by atoms with Crippen LogP contribution >= 0.6 is 0 Å². The molecule has 0 aliphatic heterocycles. The van der Waals surface area contributed by atoms with Crippen molar-refractivity contribution < 1.29 is 14.3 Å². The fourth-order valence-corrected chi connectivity index (χ4v) is 1.84. The van der Waals surface area contributed by atoms with Gasteiger partial charge in [-0.2, -0.15) is 5.10 Å². The van der Waals surface area contributed by atoms with Gasteiger partial charge in [0.15, 0.2) is 5.82 Å². The molecule has 2 N–H and O–H groups in total. The highest BCUT2D eigenvalue weighted by Crippen LogP contribution is 2.24. The van der Waals surface area contributed by atoms with Crippen LogP contribution < -0.4 is 10.1 Å². The number of hydrogen-bond acceptors (Lipinski definition) is 4. The molecule has 0 bridgehead atoms. The number of rotatable bonds is 5. The fraction of sp³-hybridized carbons (Fsp3) is 0.214. The lowest BCUT2D eigenvalue weighted by Crippen LogP contribution is -2.33. The van der Waals surface area contributed by atoms with Crippen molar-refractivity contribution in [1.29, 1.82) is 0 Å². The highest BCUT2D eigenvalue weighted by Gasteiger charge is 2.13. The Morgan fingerprint density at radius 3 is 2.95 bits per heavy atom. The van der Waals surface area contributed by atoms with E-state index in [-0.39, 0.29) is 18.4 Å². The van der Waals surface area contributed by atoms with Crippen LogP contribution in [0.4, 0.5) is 5.82 Å². The van der Waals surface area contributed by atoms with E-state index in [1.165, 1.54) is 11.9 Å². The predicted molar refractivity (Wildman–Crippen MR) is 79.1 cm³/mol. The van der Waals surface area contributed by atoms with Gasteiger partial charge in [0, 0.05) is 18.5 Å². The van der Waals surface area contributed by atoms with Crippen LogP contribution in [0, 0.1) is 0 Å². The molecular weight excluding hydrogens is 272 g/mol. The average molecular weight is 288 g/mol. The van der Waals surface area contributed by atoms with E-state index in [9.17, 15) is 9.59 Å². The summed E-state index contributed by atoms with van der Waals surface area (Å²) in [4.78, 5) is 24.5. The van der Waals surface area contributed by atoms with Gasteiger partial charge in [0.25, 0.3) is 0 Å². The maximum atomic E-state index is 11.9. The van der Waals surface area contributed by atoms with Crippen LogP contribution in [-0.4, -0.2) is 47.6 Å². The minimum absolute atomic E-state index is 0.0740. The van der Waals surface area contributed by atoms with Crippen LogP contribution in [0.2, 0.25) is 0 Å². The molecule has 0 aliphatic carbocycles. The first kappa shape index (κ1) is 14.6. The first-order valence-corrected chi connectivity index (χ1v) is 6.24. The third-order valence-corrected chi connectivity index (χ3v) is 2.96. The van der Waals surface area contributed by atoms with Crippen molar-refractivity contribution in [3.05, 3.63) is 30.9 Å². The number of hydrogen-bond donors (Lipinski definition) is 2. The van der Waals surface area contributed by atoms with Crippen molar-refractivity contribution in [1.82, 2.24) is 15.1 Å². The number of aromatic amines is 1. The summed E-state index contributed by atoms with van der Waals surface area (Å²) < 4.78 is 5.12. The van der Waals surface area contributed by atoms with Gasteiger partial charge in [0.05, 0.1) is 19.2 Å². The molecule has 1 heterocycles. The molecule has 2 aromatic rings. The molecule has 2 rings (SSSR count). The largest absolute Gasteiger partial charge is 0.497 e. The van der Waals surface area contributed by atoms with Crippen LogP contribution in [0.15, 0.2) is 30.9 Å². The fourth-order valence-electron chi connectivity index (χ4n) is 1.84. The van der Waals surface area contributed by atoms with Crippen LogP contribution in [0.1, 0.15) is 0 Å². The van der Waals surface area contributed by atoms with Crippen LogP contribution in [0.25, 0.3) is 10.9 Å². The number of nitrogens with zero attached hydrogens (tertiary/aromatic N) is 2. The van der Waals surface area contributed by atoms with E-state index in [0.717, 1.165) is 17.0 Å². The Hall–Kier alpha value is -2.83. The first-order chi connectivity index (χ1) is 10.0. The third kappa shape index (κ3) is 3.19. The zero-order valence-electron chi connectivity index (χ0n) is 11.8. The minimum Gasteiger partial charge on any atom is -0.497 e. The number of methoxy groups -OCH3 is 1. The molecule has 2 amide bonds. The number of carbonyl (C=O) groups excluding carboxylic acids is 2. The molecule has 0 fully saturated rings. The van der Waals surface area contributed by atoms with E-state index < -0.39 is 0 Å². The second-order valence-electron chi connectivity index (χ2n) is 4.43. The standard InChI is InChI=1S/C14H16N4O3/c1-4-13(20)18(2)8-12(19)15-14-10-6-5-9(21-3)7-11(10)16-17-14/h4-7H,1,8H2,2-3H3,(H2,15,16,17,19). The molecule has 0 unspecified atom stereocenters.